The molecule has 0 bridgehead atoms. The van der Waals surface area contributed by atoms with Crippen molar-refractivity contribution in [3.05, 3.63) is 34.2 Å². The van der Waals surface area contributed by atoms with Gasteiger partial charge in [-0.15, -0.1) is 0 Å². The summed E-state index contributed by atoms with van der Waals surface area (Å²) in [5.41, 5.74) is 3.50. The molecule has 2 heterocycles. The summed E-state index contributed by atoms with van der Waals surface area (Å²) in [4.78, 5) is 4.71. The summed E-state index contributed by atoms with van der Waals surface area (Å²) in [5, 5.41) is 0. The summed E-state index contributed by atoms with van der Waals surface area (Å²) in [5.74, 6) is 0. The largest absolute Gasteiger partial charge is 0.294 e. The van der Waals surface area contributed by atoms with Crippen LogP contribution >= 0.6 is 15.9 Å². The van der Waals surface area contributed by atoms with E-state index in [9.17, 15) is 0 Å². The molecule has 2 nitrogen and oxygen atoms in total. The van der Waals surface area contributed by atoms with Crippen LogP contribution in [0.2, 0.25) is 0 Å². The lowest BCUT2D eigenvalue weighted by Crippen LogP contribution is -2.16. The normalized spacial score (nSPS) is 12.3. The highest BCUT2D eigenvalue weighted by Gasteiger charge is 2.25. The van der Waals surface area contributed by atoms with Crippen LogP contribution in [0.1, 0.15) is 38.4 Å². The van der Waals surface area contributed by atoms with E-state index < -0.39 is 0 Å². The van der Waals surface area contributed by atoms with E-state index in [0.29, 0.717) is 0 Å². The van der Waals surface area contributed by atoms with Crippen LogP contribution in [0.15, 0.2) is 22.9 Å². The third-order valence-corrected chi connectivity index (χ3v) is 3.99. The van der Waals surface area contributed by atoms with Crippen molar-refractivity contribution in [3.8, 4) is 0 Å². The molecule has 0 amide bonds. The predicted molar refractivity (Wildman–Crippen MR) is 70.9 cm³/mol. The maximum Gasteiger partial charge on any atom is 0.137 e. The van der Waals surface area contributed by atoms with Crippen LogP contribution in [-0.4, -0.2) is 9.38 Å². The molecule has 0 aliphatic carbocycles. The second-order valence-corrected chi connectivity index (χ2v) is 5.67. The van der Waals surface area contributed by atoms with Crippen molar-refractivity contribution < 1.29 is 0 Å². The summed E-state index contributed by atoms with van der Waals surface area (Å²) in [6.07, 6.45) is 3.19. The van der Waals surface area contributed by atoms with E-state index in [0.717, 1.165) is 22.4 Å². The van der Waals surface area contributed by atoms with Crippen LogP contribution in [0.25, 0.3) is 5.65 Å². The smallest absolute Gasteiger partial charge is 0.137 e. The van der Waals surface area contributed by atoms with E-state index >= 15 is 0 Å². The van der Waals surface area contributed by atoms with Gasteiger partial charge in [0.15, 0.2) is 0 Å². The average molecular weight is 281 g/mol. The number of halogens is 1. The molecule has 0 atom stereocenters. The van der Waals surface area contributed by atoms with Crippen LogP contribution in [0, 0.1) is 6.92 Å². The van der Waals surface area contributed by atoms with Crippen LogP contribution < -0.4 is 0 Å². The second kappa shape index (κ2) is 3.88. The maximum absolute atomic E-state index is 4.71. The molecule has 0 aromatic carbocycles. The number of hydrogen-bond acceptors (Lipinski definition) is 1. The summed E-state index contributed by atoms with van der Waals surface area (Å²) < 4.78 is 3.19. The van der Waals surface area contributed by atoms with Gasteiger partial charge in [-0.3, -0.25) is 4.40 Å². The highest BCUT2D eigenvalue weighted by Crippen LogP contribution is 2.32. The minimum atomic E-state index is 0.110. The topological polar surface area (TPSA) is 17.3 Å². The van der Waals surface area contributed by atoms with Crippen LogP contribution in [-0.2, 0) is 5.41 Å². The van der Waals surface area contributed by atoms with Gasteiger partial charge in [-0.05, 0) is 40.9 Å². The van der Waals surface area contributed by atoms with Gasteiger partial charge in [0.1, 0.15) is 10.3 Å². The zero-order valence-electron chi connectivity index (χ0n) is 10.2. The van der Waals surface area contributed by atoms with Crippen molar-refractivity contribution in [1.82, 2.24) is 9.38 Å². The van der Waals surface area contributed by atoms with E-state index in [-0.39, 0.29) is 5.41 Å². The third-order valence-electron chi connectivity index (χ3n) is 3.23. The quantitative estimate of drug-likeness (QED) is 0.810. The van der Waals surface area contributed by atoms with E-state index in [2.05, 4.69) is 66.4 Å². The number of aryl methyl sites for hydroxylation is 1. The fraction of sp³-hybridized carbons (Fsp3) is 0.462. The number of aromatic nitrogens is 2. The fourth-order valence-corrected chi connectivity index (χ4v) is 2.63. The molecule has 0 spiro atoms. The van der Waals surface area contributed by atoms with Crippen LogP contribution in [0.4, 0.5) is 0 Å². The van der Waals surface area contributed by atoms with Gasteiger partial charge in [-0.1, -0.05) is 26.8 Å². The molecule has 2 rings (SSSR count). The lowest BCUT2D eigenvalue weighted by Gasteiger charge is -2.20. The molecular weight excluding hydrogens is 264 g/mol. The Bertz CT molecular complexity index is 526. The van der Waals surface area contributed by atoms with Crippen molar-refractivity contribution in [2.75, 3.05) is 0 Å². The first-order valence-corrected chi connectivity index (χ1v) is 6.39. The Labute approximate surface area is 105 Å². The van der Waals surface area contributed by atoms with E-state index in [1.165, 1.54) is 5.56 Å². The van der Waals surface area contributed by atoms with Crippen LogP contribution in [0.3, 0.4) is 0 Å². The zero-order valence-corrected chi connectivity index (χ0v) is 11.8. The summed E-state index contributed by atoms with van der Waals surface area (Å²) >= 11 is 3.66. The summed E-state index contributed by atoms with van der Waals surface area (Å²) in [6.45, 7) is 8.75. The molecule has 2 aromatic rings. The predicted octanol–water partition coefficient (Wildman–Crippen LogP) is 4.09. The number of imidazole rings is 1. The molecule has 0 aliphatic rings. The third kappa shape index (κ3) is 1.77. The molecule has 86 valence electrons. The van der Waals surface area contributed by atoms with Gasteiger partial charge >= 0.3 is 0 Å². The monoisotopic (exact) mass is 280 g/mol. The van der Waals surface area contributed by atoms with Crippen molar-refractivity contribution >= 4 is 21.6 Å². The van der Waals surface area contributed by atoms with Gasteiger partial charge in [0.2, 0.25) is 0 Å². The van der Waals surface area contributed by atoms with Crippen molar-refractivity contribution in [2.45, 2.75) is 39.5 Å². The second-order valence-electron chi connectivity index (χ2n) is 4.92. The molecule has 0 saturated heterocycles. The SMILES string of the molecule is CCC(C)(C)c1nc2ccc(C)cn2c1Br. The van der Waals surface area contributed by atoms with Crippen molar-refractivity contribution in [2.24, 2.45) is 0 Å². The minimum Gasteiger partial charge on any atom is -0.294 e. The van der Waals surface area contributed by atoms with Gasteiger partial charge in [0.25, 0.3) is 0 Å². The van der Waals surface area contributed by atoms with Crippen molar-refractivity contribution in [1.29, 1.82) is 0 Å². The molecule has 0 unspecified atom stereocenters. The first kappa shape index (κ1) is 11.6. The van der Waals surface area contributed by atoms with Gasteiger partial charge in [-0.2, -0.15) is 0 Å². The number of pyridine rings is 1. The number of rotatable bonds is 2. The molecule has 0 aliphatic heterocycles. The van der Waals surface area contributed by atoms with Crippen molar-refractivity contribution in [3.63, 3.8) is 0 Å². The zero-order chi connectivity index (χ0) is 11.9. The average Bonchev–Trinajstić information content (AvgIpc) is 2.57. The Hall–Kier alpha value is -0.830. The first-order valence-electron chi connectivity index (χ1n) is 5.60. The first-order chi connectivity index (χ1) is 7.45. The molecular formula is C13H17BrN2. The number of fused-ring (bicyclic) bond motifs is 1. The maximum atomic E-state index is 4.71. The molecule has 3 heteroatoms. The van der Waals surface area contributed by atoms with Gasteiger partial charge in [0.05, 0.1) is 5.69 Å². The number of hydrogen-bond donors (Lipinski definition) is 0. The summed E-state index contributed by atoms with van der Waals surface area (Å²) in [7, 11) is 0. The molecule has 0 fully saturated rings. The standard InChI is InChI=1S/C13H17BrN2/c1-5-13(3,4)11-12(14)16-8-9(2)6-7-10(16)15-11/h6-8H,5H2,1-4H3. The van der Waals surface area contributed by atoms with Gasteiger partial charge in [0, 0.05) is 11.6 Å². The van der Waals surface area contributed by atoms with Crippen LogP contribution in [0.5, 0.6) is 0 Å². The Morgan fingerprint density at radius 1 is 1.38 bits per heavy atom. The molecule has 0 radical (unpaired) electrons. The lowest BCUT2D eigenvalue weighted by molar-refractivity contribution is 0.490. The van der Waals surface area contributed by atoms with E-state index in [1.54, 1.807) is 0 Å². The highest BCUT2D eigenvalue weighted by molar-refractivity contribution is 9.10. The summed E-state index contributed by atoms with van der Waals surface area (Å²) in [6, 6.07) is 4.16. The Balaban J connectivity index is 2.70. The molecule has 0 saturated carbocycles. The highest BCUT2D eigenvalue weighted by atomic mass is 79.9. The number of nitrogens with zero attached hydrogens (tertiary/aromatic N) is 2. The molecule has 16 heavy (non-hydrogen) atoms. The van der Waals surface area contributed by atoms with Gasteiger partial charge in [-0.25, -0.2) is 4.98 Å². The van der Waals surface area contributed by atoms with Gasteiger partial charge < -0.3 is 0 Å². The van der Waals surface area contributed by atoms with E-state index in [4.69, 9.17) is 4.98 Å². The minimum absolute atomic E-state index is 0.110. The fourth-order valence-electron chi connectivity index (χ4n) is 1.72. The Morgan fingerprint density at radius 3 is 2.69 bits per heavy atom. The Kier molecular flexibility index (Phi) is 2.82. The lowest BCUT2D eigenvalue weighted by atomic mass is 9.87. The molecule has 2 aromatic heterocycles. The molecule has 0 N–H and O–H groups in total. The van der Waals surface area contributed by atoms with E-state index in [1.807, 2.05) is 0 Å². The Morgan fingerprint density at radius 2 is 2.06 bits per heavy atom.